The molecule has 0 saturated heterocycles. The lowest BCUT2D eigenvalue weighted by atomic mass is 9.86. The highest BCUT2D eigenvalue weighted by Gasteiger charge is 2.42. The number of aliphatic imine (C=N–C) groups is 1. The number of ether oxygens (including phenoxy) is 1. The van der Waals surface area contributed by atoms with Crippen molar-refractivity contribution < 1.29 is 32.3 Å². The summed E-state index contributed by atoms with van der Waals surface area (Å²) in [5.74, 6) is -1.52. The number of aryl methyl sites for hydroxylation is 1. The number of hydrogen-bond donors (Lipinski definition) is 2. The lowest BCUT2D eigenvalue weighted by Gasteiger charge is -2.38. The van der Waals surface area contributed by atoms with Crippen molar-refractivity contribution in [2.75, 3.05) is 39.2 Å². The van der Waals surface area contributed by atoms with Crippen LogP contribution in [-0.2, 0) is 27.3 Å². The number of benzene rings is 5. The van der Waals surface area contributed by atoms with Crippen molar-refractivity contribution in [3.05, 3.63) is 154 Å². The number of allylic oxidation sites excluding steroid dienone is 6. The zero-order chi connectivity index (χ0) is 50.5. The second-order valence-corrected chi connectivity index (χ2v) is 23.5. The Morgan fingerprint density at radius 1 is 0.757 bits per heavy atom. The van der Waals surface area contributed by atoms with E-state index in [-0.39, 0.29) is 17.4 Å². The number of methoxy groups -OCH3 is 1. The normalized spacial score (nSPS) is 14.6. The van der Waals surface area contributed by atoms with Gasteiger partial charge < -0.3 is 20.3 Å². The number of fused-ring (bicyclic) bond motifs is 4. The SMILES string of the molecule is C=C(C)C(=O)CCCCCCc1c2ccccc2c(CNCCCNC(=O)C(=C)C)c2ccc(-c3ccc(OC)c(C4=C5C=CC(=NC(=O)C(F)(F)F)C=C5[Si](C)(C)c5cc(N(C)C)ccc54)c3)cc12. The number of carbonyl (C=O) groups excluding carboxylic acids is 3. The number of halogens is 3. The minimum atomic E-state index is -5.09. The molecule has 1 aliphatic heterocycles. The summed E-state index contributed by atoms with van der Waals surface area (Å²) < 4.78 is 46.5. The van der Waals surface area contributed by atoms with Gasteiger partial charge in [-0.1, -0.05) is 93.7 Å². The third-order valence-corrected chi connectivity index (χ3v) is 17.0. The summed E-state index contributed by atoms with van der Waals surface area (Å²) in [6.07, 6.45) is 5.72. The number of unbranched alkanes of at least 4 members (excludes halogenated alkanes) is 3. The zero-order valence-corrected chi connectivity index (χ0v) is 42.4. The van der Waals surface area contributed by atoms with Crippen molar-refractivity contribution in [2.24, 2.45) is 4.99 Å². The van der Waals surface area contributed by atoms with Crippen LogP contribution in [-0.4, -0.2) is 71.9 Å². The molecule has 2 aliphatic rings. The van der Waals surface area contributed by atoms with Crippen molar-refractivity contribution in [3.8, 4) is 16.9 Å². The Morgan fingerprint density at radius 3 is 2.13 bits per heavy atom. The Morgan fingerprint density at radius 2 is 1.44 bits per heavy atom. The van der Waals surface area contributed by atoms with Crippen LogP contribution in [0, 0.1) is 0 Å². The van der Waals surface area contributed by atoms with E-state index in [0.29, 0.717) is 43.0 Å². The van der Waals surface area contributed by atoms with E-state index in [1.165, 1.54) is 28.0 Å². The molecule has 0 radical (unpaired) electrons. The number of ketones is 1. The molecule has 0 bridgehead atoms. The highest BCUT2D eigenvalue weighted by atomic mass is 28.3. The molecule has 2 amide bonds. The third kappa shape index (κ3) is 11.0. The Bertz CT molecular complexity index is 3050. The molecule has 0 aromatic heterocycles. The van der Waals surface area contributed by atoms with Crippen LogP contribution >= 0.6 is 0 Å². The summed E-state index contributed by atoms with van der Waals surface area (Å²) in [5, 5.41) is 13.2. The number of anilines is 1. The Balaban J connectivity index is 1.35. The fourth-order valence-corrected chi connectivity index (χ4v) is 12.7. The number of carbonyl (C=O) groups is 3. The Labute approximate surface area is 410 Å². The second kappa shape index (κ2) is 21.6. The molecule has 0 saturated carbocycles. The van der Waals surface area contributed by atoms with Gasteiger partial charge in [-0.3, -0.25) is 14.4 Å². The maximum absolute atomic E-state index is 13.5. The van der Waals surface area contributed by atoms with Gasteiger partial charge in [-0.2, -0.15) is 13.2 Å². The predicted octanol–water partition coefficient (Wildman–Crippen LogP) is 11.8. The maximum atomic E-state index is 13.5. The minimum absolute atomic E-state index is 0.0343. The van der Waals surface area contributed by atoms with Crippen LogP contribution in [0.4, 0.5) is 18.9 Å². The predicted molar refractivity (Wildman–Crippen MR) is 284 cm³/mol. The minimum Gasteiger partial charge on any atom is -0.496 e. The topological polar surface area (TPSA) is 100 Å². The molecule has 5 aromatic carbocycles. The largest absolute Gasteiger partial charge is 0.496 e. The summed E-state index contributed by atoms with van der Waals surface area (Å²) in [6, 6.07) is 27.9. The molecule has 8 nitrogen and oxygen atoms in total. The van der Waals surface area contributed by atoms with Crippen molar-refractivity contribution in [1.29, 1.82) is 0 Å². The second-order valence-electron chi connectivity index (χ2n) is 19.1. The highest BCUT2D eigenvalue weighted by Crippen LogP contribution is 2.46. The van der Waals surface area contributed by atoms with E-state index < -0.39 is 20.2 Å². The van der Waals surface area contributed by atoms with Gasteiger partial charge in [-0.25, -0.2) is 4.99 Å². The number of Topliss-reactive ketones (excluding diaryl/α,β-unsaturated/α-hetero) is 1. The van der Waals surface area contributed by atoms with Crippen molar-refractivity contribution >= 4 is 69.4 Å². The summed E-state index contributed by atoms with van der Waals surface area (Å²) in [6.45, 7) is 17.2. The summed E-state index contributed by atoms with van der Waals surface area (Å²) in [5.41, 5.74) is 10.1. The first-order valence-electron chi connectivity index (χ1n) is 24.0. The smallest absolute Gasteiger partial charge is 0.473 e. The van der Waals surface area contributed by atoms with Crippen LogP contribution < -0.4 is 25.5 Å². The van der Waals surface area contributed by atoms with Gasteiger partial charge in [0.05, 0.1) is 12.8 Å². The molecule has 70 heavy (non-hydrogen) atoms. The van der Waals surface area contributed by atoms with Gasteiger partial charge in [0.1, 0.15) is 13.8 Å². The highest BCUT2D eigenvalue weighted by molar-refractivity contribution is 6.98. The van der Waals surface area contributed by atoms with Crippen LogP contribution in [0.3, 0.4) is 0 Å². The molecule has 0 fully saturated rings. The van der Waals surface area contributed by atoms with Crippen molar-refractivity contribution in [3.63, 3.8) is 0 Å². The first-order valence-corrected chi connectivity index (χ1v) is 27.0. The van der Waals surface area contributed by atoms with Gasteiger partial charge in [0.15, 0.2) is 5.78 Å². The molecule has 0 unspecified atom stereocenters. The van der Waals surface area contributed by atoms with Gasteiger partial charge in [0, 0.05) is 50.4 Å². The molecule has 364 valence electrons. The monoisotopic (exact) mass is 964 g/mol. The van der Waals surface area contributed by atoms with Gasteiger partial charge >= 0.3 is 12.1 Å². The van der Waals surface area contributed by atoms with Crippen LogP contribution in [0.1, 0.15) is 74.6 Å². The van der Waals surface area contributed by atoms with Crippen LogP contribution in [0.5, 0.6) is 5.75 Å². The summed E-state index contributed by atoms with van der Waals surface area (Å²) in [7, 11) is 2.98. The maximum Gasteiger partial charge on any atom is 0.473 e. The number of nitrogens with one attached hydrogen (secondary N) is 2. The number of alkyl halides is 3. The van der Waals surface area contributed by atoms with Crippen LogP contribution in [0.25, 0.3) is 38.2 Å². The zero-order valence-electron chi connectivity index (χ0n) is 41.4. The summed E-state index contributed by atoms with van der Waals surface area (Å²) >= 11 is 0. The molecule has 1 aliphatic carbocycles. The molecular formula is C58H63F3N4O4Si. The molecule has 1 heterocycles. The number of amides is 2. The number of hydrogen-bond acceptors (Lipinski definition) is 6. The van der Waals surface area contributed by atoms with Crippen molar-refractivity contribution in [2.45, 2.75) is 84.6 Å². The Kier molecular flexibility index (Phi) is 15.8. The molecule has 0 atom stereocenters. The van der Waals surface area contributed by atoms with E-state index in [9.17, 15) is 27.6 Å². The molecule has 2 N–H and O–H groups in total. The van der Waals surface area contributed by atoms with Gasteiger partial charge in [-0.15, -0.1) is 0 Å². The van der Waals surface area contributed by atoms with E-state index in [2.05, 4.69) is 115 Å². The fourth-order valence-electron chi connectivity index (χ4n) is 9.66. The van der Waals surface area contributed by atoms with Gasteiger partial charge in [-0.05, 0) is 165 Å². The lowest BCUT2D eigenvalue weighted by Crippen LogP contribution is -2.49. The van der Waals surface area contributed by atoms with Crippen LogP contribution in [0.2, 0.25) is 13.1 Å². The lowest BCUT2D eigenvalue weighted by molar-refractivity contribution is -0.169. The standard InChI is InChI=1S/C58H63F3N4O4Si/c1-36(2)51(66)20-13-11-10-12-17-43-42-18-14-15-19-44(42)50(35-62-29-16-30-63-56(67)37(3)4)45-25-21-38(31-48(43)45)39-22-28-52(69-7)49(32-39)55-46-26-23-40(64-57(68)58(59,60)61)33-53(46)70(8,9)54-34-41(65(5)6)24-27-47(54)55/h14-15,18-19,21-28,31-34,62H,1,3,10-13,16-17,20,29-30,35H2,2,4-9H3,(H,63,67). The molecule has 12 heteroatoms. The third-order valence-electron chi connectivity index (χ3n) is 13.5. The van der Waals surface area contributed by atoms with E-state index in [0.717, 1.165) is 98.8 Å². The van der Waals surface area contributed by atoms with Crippen LogP contribution in [0.15, 0.2) is 137 Å². The fraction of sp³-hybridized carbons (Fsp3) is 0.310. The molecule has 5 aromatic rings. The number of nitrogens with zero attached hydrogens (tertiary/aromatic N) is 2. The van der Waals surface area contributed by atoms with E-state index in [4.69, 9.17) is 4.74 Å². The van der Waals surface area contributed by atoms with Gasteiger partial charge in [0.25, 0.3) is 0 Å². The molecule has 0 spiro atoms. The van der Waals surface area contributed by atoms with Gasteiger partial charge in [0.2, 0.25) is 5.91 Å². The first kappa shape index (κ1) is 51.2. The summed E-state index contributed by atoms with van der Waals surface area (Å²) in [4.78, 5) is 42.0. The molecule has 7 rings (SSSR count). The average Bonchev–Trinajstić information content (AvgIpc) is 3.33. The molecular weight excluding hydrogens is 902 g/mol. The Hall–Kier alpha value is -6.63. The van der Waals surface area contributed by atoms with Crippen molar-refractivity contribution in [1.82, 2.24) is 10.6 Å². The number of rotatable bonds is 19. The average molecular weight is 965 g/mol. The first-order chi connectivity index (χ1) is 33.3. The van der Waals surface area contributed by atoms with E-state index >= 15 is 0 Å². The quantitative estimate of drug-likeness (QED) is 0.0370. The van der Waals surface area contributed by atoms with E-state index in [1.807, 2.05) is 25.1 Å². The van der Waals surface area contributed by atoms with E-state index in [1.54, 1.807) is 33.1 Å².